The quantitative estimate of drug-likeness (QED) is 0.695. The number of methoxy groups -OCH3 is 1. The number of carbonyl (C=O) groups excluding carboxylic acids is 1. The molecule has 1 amide bonds. The number of aryl methyl sites for hydroxylation is 1. The highest BCUT2D eigenvalue weighted by molar-refractivity contribution is 5.91. The van der Waals surface area contributed by atoms with Crippen molar-refractivity contribution in [2.75, 3.05) is 13.7 Å². The number of primary amides is 1. The summed E-state index contributed by atoms with van der Waals surface area (Å²) < 4.78 is 6.79. The zero-order valence-electron chi connectivity index (χ0n) is 10.1. The molecule has 94 valence electrons. The van der Waals surface area contributed by atoms with Gasteiger partial charge in [-0.2, -0.15) is 0 Å². The van der Waals surface area contributed by atoms with Crippen LogP contribution in [0.3, 0.4) is 0 Å². The van der Waals surface area contributed by atoms with Gasteiger partial charge in [0.05, 0.1) is 5.69 Å². The van der Waals surface area contributed by atoms with Gasteiger partial charge < -0.3 is 10.5 Å². The van der Waals surface area contributed by atoms with Gasteiger partial charge >= 0.3 is 0 Å². The molecule has 17 heavy (non-hydrogen) atoms. The molecule has 1 fully saturated rings. The zero-order valence-corrected chi connectivity index (χ0v) is 10.1. The maximum absolute atomic E-state index is 11.2. The predicted octanol–water partition coefficient (Wildman–Crippen LogP) is 0.366. The number of rotatable bonds is 7. The average molecular weight is 238 g/mol. The molecule has 6 nitrogen and oxygen atoms in total. The van der Waals surface area contributed by atoms with Crippen LogP contribution in [0, 0.1) is 5.92 Å². The third kappa shape index (κ3) is 3.03. The Morgan fingerprint density at radius 2 is 2.35 bits per heavy atom. The normalized spacial score (nSPS) is 15.1. The maximum Gasteiger partial charge on any atom is 0.271 e. The number of ether oxygens (including phenoxy) is 1. The van der Waals surface area contributed by atoms with Crippen molar-refractivity contribution < 1.29 is 9.53 Å². The van der Waals surface area contributed by atoms with E-state index in [2.05, 4.69) is 10.3 Å². The molecule has 2 rings (SSSR count). The van der Waals surface area contributed by atoms with Crippen LogP contribution in [0.4, 0.5) is 0 Å². The van der Waals surface area contributed by atoms with Crippen LogP contribution in [0.2, 0.25) is 0 Å². The lowest BCUT2D eigenvalue weighted by Crippen LogP contribution is -2.16. The molecule has 0 radical (unpaired) electrons. The lowest BCUT2D eigenvalue weighted by atomic mass is 10.1. The minimum atomic E-state index is -0.487. The predicted molar refractivity (Wildman–Crippen MR) is 61.5 cm³/mol. The van der Waals surface area contributed by atoms with Crippen molar-refractivity contribution in [1.82, 2.24) is 15.0 Å². The van der Waals surface area contributed by atoms with Crippen molar-refractivity contribution in [3.8, 4) is 0 Å². The Hall–Kier alpha value is -1.43. The zero-order chi connectivity index (χ0) is 12.3. The van der Waals surface area contributed by atoms with E-state index in [9.17, 15) is 4.79 Å². The van der Waals surface area contributed by atoms with Gasteiger partial charge in [0.2, 0.25) is 0 Å². The largest absolute Gasteiger partial charge is 0.385 e. The van der Waals surface area contributed by atoms with Gasteiger partial charge in [-0.05, 0) is 31.6 Å². The van der Waals surface area contributed by atoms with Crippen molar-refractivity contribution in [3.05, 3.63) is 11.4 Å². The van der Waals surface area contributed by atoms with Crippen LogP contribution in [0.1, 0.15) is 35.4 Å². The lowest BCUT2D eigenvalue weighted by molar-refractivity contribution is 0.0994. The highest BCUT2D eigenvalue weighted by atomic mass is 16.5. The Bertz CT molecular complexity index is 398. The van der Waals surface area contributed by atoms with Crippen molar-refractivity contribution in [3.63, 3.8) is 0 Å². The summed E-state index contributed by atoms with van der Waals surface area (Å²) >= 11 is 0. The molecule has 1 aromatic heterocycles. The summed E-state index contributed by atoms with van der Waals surface area (Å²) in [5.74, 6) is 0.186. The molecule has 1 aromatic rings. The number of hydrogen-bond donors (Lipinski definition) is 1. The average Bonchev–Trinajstić information content (AvgIpc) is 3.01. The molecule has 0 aromatic carbocycles. The summed E-state index contributed by atoms with van der Waals surface area (Å²) in [5, 5.41) is 7.87. The molecular weight excluding hydrogens is 220 g/mol. The molecule has 0 unspecified atom stereocenters. The molecule has 1 saturated carbocycles. The number of carbonyl (C=O) groups is 1. The molecule has 0 aliphatic heterocycles. The Morgan fingerprint density at radius 3 is 2.94 bits per heavy atom. The Morgan fingerprint density at radius 1 is 1.59 bits per heavy atom. The van der Waals surface area contributed by atoms with Gasteiger partial charge in [-0.15, -0.1) is 5.10 Å². The molecular formula is C11H18N4O2. The summed E-state index contributed by atoms with van der Waals surface area (Å²) in [5.41, 5.74) is 6.51. The number of hydrogen-bond acceptors (Lipinski definition) is 4. The highest BCUT2D eigenvalue weighted by Gasteiger charge is 2.27. The molecule has 1 aliphatic carbocycles. The molecule has 1 heterocycles. The van der Waals surface area contributed by atoms with E-state index in [0.29, 0.717) is 18.2 Å². The first kappa shape index (κ1) is 12.0. The topological polar surface area (TPSA) is 83.0 Å². The summed E-state index contributed by atoms with van der Waals surface area (Å²) in [7, 11) is 1.67. The first-order valence-electron chi connectivity index (χ1n) is 5.93. The fraction of sp³-hybridized carbons (Fsp3) is 0.727. The first-order chi connectivity index (χ1) is 8.22. The standard InChI is InChI=1S/C11H18N4O2/c1-17-6-2-5-15-9(7-8-3-4-8)10(11(12)16)13-14-15/h8H,2-7H2,1H3,(H2,12,16). The van der Waals surface area contributed by atoms with Crippen LogP contribution in [0.15, 0.2) is 0 Å². The number of aromatic nitrogens is 3. The van der Waals surface area contributed by atoms with Crippen molar-refractivity contribution in [2.45, 2.75) is 32.2 Å². The van der Waals surface area contributed by atoms with Crippen LogP contribution in [0.5, 0.6) is 0 Å². The molecule has 6 heteroatoms. The monoisotopic (exact) mass is 238 g/mol. The number of nitrogens with two attached hydrogens (primary N) is 1. The van der Waals surface area contributed by atoms with Crippen LogP contribution >= 0.6 is 0 Å². The van der Waals surface area contributed by atoms with Crippen molar-refractivity contribution in [2.24, 2.45) is 11.7 Å². The molecule has 0 bridgehead atoms. The fourth-order valence-electron chi connectivity index (χ4n) is 1.86. The molecule has 0 saturated heterocycles. The SMILES string of the molecule is COCCCn1nnc(C(N)=O)c1CC1CC1. The minimum absolute atomic E-state index is 0.328. The summed E-state index contributed by atoms with van der Waals surface area (Å²) in [4.78, 5) is 11.2. The van der Waals surface area contributed by atoms with Crippen LogP contribution in [-0.2, 0) is 17.7 Å². The second-order valence-corrected chi connectivity index (χ2v) is 4.47. The number of amides is 1. The summed E-state index contributed by atoms with van der Waals surface area (Å²) in [6.07, 6.45) is 4.16. The summed E-state index contributed by atoms with van der Waals surface area (Å²) in [6.45, 7) is 1.39. The Balaban J connectivity index is 2.09. The van der Waals surface area contributed by atoms with Gasteiger partial charge in [-0.25, -0.2) is 4.68 Å². The molecule has 0 spiro atoms. The smallest absolute Gasteiger partial charge is 0.271 e. The second-order valence-electron chi connectivity index (χ2n) is 4.47. The molecule has 2 N–H and O–H groups in total. The number of nitrogens with zero attached hydrogens (tertiary/aromatic N) is 3. The van der Waals surface area contributed by atoms with E-state index in [-0.39, 0.29) is 0 Å². The van der Waals surface area contributed by atoms with Crippen LogP contribution in [-0.4, -0.2) is 34.6 Å². The first-order valence-corrected chi connectivity index (χ1v) is 5.93. The van der Waals surface area contributed by atoms with E-state index in [1.54, 1.807) is 11.8 Å². The van der Waals surface area contributed by atoms with Crippen molar-refractivity contribution in [1.29, 1.82) is 0 Å². The van der Waals surface area contributed by atoms with Gasteiger partial charge in [0.25, 0.3) is 5.91 Å². The van der Waals surface area contributed by atoms with E-state index in [4.69, 9.17) is 10.5 Å². The molecule has 0 atom stereocenters. The van der Waals surface area contributed by atoms with Gasteiger partial charge in [-0.3, -0.25) is 4.79 Å². The summed E-state index contributed by atoms with van der Waals surface area (Å²) in [6, 6.07) is 0. The Kier molecular flexibility index (Phi) is 3.73. The van der Waals surface area contributed by atoms with Gasteiger partial charge in [0.1, 0.15) is 0 Å². The van der Waals surface area contributed by atoms with Gasteiger partial charge in [0.15, 0.2) is 5.69 Å². The van der Waals surface area contributed by atoms with Gasteiger partial charge in [-0.1, -0.05) is 5.21 Å². The lowest BCUT2D eigenvalue weighted by Gasteiger charge is -2.06. The maximum atomic E-state index is 11.2. The second kappa shape index (κ2) is 5.27. The third-order valence-corrected chi connectivity index (χ3v) is 2.97. The minimum Gasteiger partial charge on any atom is -0.385 e. The highest BCUT2D eigenvalue weighted by Crippen LogP contribution is 2.33. The fourth-order valence-corrected chi connectivity index (χ4v) is 1.86. The Labute approximate surface area is 100 Å². The van der Waals surface area contributed by atoms with E-state index in [1.165, 1.54) is 12.8 Å². The van der Waals surface area contributed by atoms with Crippen LogP contribution < -0.4 is 5.73 Å². The van der Waals surface area contributed by atoms with Gasteiger partial charge in [0, 0.05) is 20.3 Å². The van der Waals surface area contributed by atoms with E-state index in [0.717, 1.165) is 25.1 Å². The third-order valence-electron chi connectivity index (χ3n) is 2.97. The van der Waals surface area contributed by atoms with E-state index < -0.39 is 5.91 Å². The van der Waals surface area contributed by atoms with Crippen molar-refractivity contribution >= 4 is 5.91 Å². The van der Waals surface area contributed by atoms with E-state index in [1.807, 2.05) is 0 Å². The molecule has 1 aliphatic rings. The van der Waals surface area contributed by atoms with E-state index >= 15 is 0 Å². The van der Waals surface area contributed by atoms with Crippen LogP contribution in [0.25, 0.3) is 0 Å².